The summed E-state index contributed by atoms with van der Waals surface area (Å²) >= 11 is 0. The molecule has 0 aromatic rings. The SMILES string of the molecule is CCCC/C=C\C/C=C\CCCCCCCC(=O)OCCCCCCCCCCCCCC/C=C\CCCCCCCCCCCCCCC(=O)NC(CO)C(O)/C=C/CCCCCCCCCCCCCCCC. The molecule has 3 N–H and O–H groups in total. The lowest BCUT2D eigenvalue weighted by Crippen LogP contribution is -2.45. The third-order valence-electron chi connectivity index (χ3n) is 15.3. The van der Waals surface area contributed by atoms with Crippen LogP contribution < -0.4 is 5.32 Å². The summed E-state index contributed by atoms with van der Waals surface area (Å²) in [6, 6.07) is -0.628. The first-order valence-electron chi connectivity index (χ1n) is 33.4. The second kappa shape index (κ2) is 64.3. The molecule has 1 amide bonds. The van der Waals surface area contributed by atoms with Gasteiger partial charge in [0.15, 0.2) is 0 Å². The Bertz CT molecular complexity index is 1260. The van der Waals surface area contributed by atoms with Gasteiger partial charge in [-0.1, -0.05) is 306 Å². The van der Waals surface area contributed by atoms with E-state index in [1.807, 2.05) is 6.08 Å². The Hall–Kier alpha value is -2.18. The van der Waals surface area contributed by atoms with Gasteiger partial charge in [0.1, 0.15) is 0 Å². The molecule has 0 fully saturated rings. The number of aliphatic hydroxyl groups excluding tert-OH is 2. The fraction of sp³-hybridized carbons (Fsp3) is 0.855. The van der Waals surface area contributed by atoms with Gasteiger partial charge < -0.3 is 20.3 Å². The average Bonchev–Trinajstić information content (AvgIpc) is 3.41. The van der Waals surface area contributed by atoms with Gasteiger partial charge in [-0.2, -0.15) is 0 Å². The molecule has 0 aliphatic rings. The molecule has 2 atom stereocenters. The number of hydrogen-bond acceptors (Lipinski definition) is 5. The third-order valence-corrected chi connectivity index (χ3v) is 15.3. The van der Waals surface area contributed by atoms with E-state index in [0.29, 0.717) is 19.4 Å². The molecule has 6 heteroatoms. The van der Waals surface area contributed by atoms with Gasteiger partial charge >= 0.3 is 5.97 Å². The van der Waals surface area contributed by atoms with Crippen LogP contribution in [0.3, 0.4) is 0 Å². The highest BCUT2D eigenvalue weighted by atomic mass is 16.5. The number of amides is 1. The number of nitrogens with one attached hydrogen (secondary N) is 1. The number of ether oxygens (including phenoxy) is 1. The van der Waals surface area contributed by atoms with Crippen molar-refractivity contribution in [2.45, 2.75) is 366 Å². The fourth-order valence-electron chi connectivity index (χ4n) is 10.2. The highest BCUT2D eigenvalue weighted by molar-refractivity contribution is 5.76. The fourth-order valence-corrected chi connectivity index (χ4v) is 10.2. The minimum absolute atomic E-state index is 0.000673. The van der Waals surface area contributed by atoms with E-state index < -0.39 is 12.1 Å². The van der Waals surface area contributed by atoms with Crippen molar-refractivity contribution in [2.24, 2.45) is 0 Å². The minimum atomic E-state index is -0.845. The summed E-state index contributed by atoms with van der Waals surface area (Å²) in [6.07, 6.45) is 83.1. The van der Waals surface area contributed by atoms with Crippen LogP contribution in [0.25, 0.3) is 0 Å². The smallest absolute Gasteiger partial charge is 0.305 e. The van der Waals surface area contributed by atoms with Crippen LogP contribution in [0.5, 0.6) is 0 Å². The molecule has 0 saturated heterocycles. The zero-order valence-electron chi connectivity index (χ0n) is 50.3. The minimum Gasteiger partial charge on any atom is -0.466 e. The van der Waals surface area contributed by atoms with Crippen LogP contribution in [0.15, 0.2) is 48.6 Å². The highest BCUT2D eigenvalue weighted by Crippen LogP contribution is 2.17. The van der Waals surface area contributed by atoms with E-state index >= 15 is 0 Å². The van der Waals surface area contributed by atoms with Crippen LogP contribution in [0.1, 0.15) is 354 Å². The van der Waals surface area contributed by atoms with Crippen molar-refractivity contribution >= 4 is 11.9 Å². The molecule has 0 spiro atoms. The quantitative estimate of drug-likeness (QED) is 0.0320. The Morgan fingerprint density at radius 2 is 0.680 bits per heavy atom. The molecular formula is C69H129NO5. The van der Waals surface area contributed by atoms with Gasteiger partial charge in [-0.15, -0.1) is 0 Å². The molecule has 2 unspecified atom stereocenters. The van der Waals surface area contributed by atoms with E-state index in [0.717, 1.165) is 51.4 Å². The Morgan fingerprint density at radius 1 is 0.373 bits per heavy atom. The number of unbranched alkanes of at least 4 members (excludes halogenated alkanes) is 45. The number of carbonyl (C=O) groups is 2. The molecule has 0 aromatic carbocycles. The molecule has 0 bridgehead atoms. The lowest BCUT2D eigenvalue weighted by atomic mass is 10.0. The predicted octanol–water partition coefficient (Wildman–Crippen LogP) is 21.3. The Labute approximate surface area is 467 Å². The Morgan fingerprint density at radius 3 is 1.07 bits per heavy atom. The molecular weight excluding hydrogens is 923 g/mol. The monoisotopic (exact) mass is 1050 g/mol. The van der Waals surface area contributed by atoms with Gasteiger partial charge in [0.2, 0.25) is 5.91 Å². The van der Waals surface area contributed by atoms with Crippen molar-refractivity contribution in [3.05, 3.63) is 48.6 Å². The zero-order valence-corrected chi connectivity index (χ0v) is 50.3. The molecule has 440 valence electrons. The van der Waals surface area contributed by atoms with E-state index in [2.05, 4.69) is 55.6 Å². The second-order valence-corrected chi connectivity index (χ2v) is 22.8. The second-order valence-electron chi connectivity index (χ2n) is 22.8. The van der Waals surface area contributed by atoms with Crippen LogP contribution in [-0.2, 0) is 14.3 Å². The van der Waals surface area contributed by atoms with E-state index in [1.165, 1.54) is 276 Å². The Balaban J connectivity index is 3.40. The van der Waals surface area contributed by atoms with E-state index in [-0.39, 0.29) is 18.5 Å². The largest absolute Gasteiger partial charge is 0.466 e. The summed E-state index contributed by atoms with van der Waals surface area (Å²) < 4.78 is 5.48. The maximum absolute atomic E-state index is 12.5. The number of allylic oxidation sites excluding steroid dienone is 7. The summed E-state index contributed by atoms with van der Waals surface area (Å²) in [6.45, 7) is 4.87. The maximum Gasteiger partial charge on any atom is 0.305 e. The third kappa shape index (κ3) is 60.9. The first-order chi connectivity index (χ1) is 37.0. The van der Waals surface area contributed by atoms with Crippen molar-refractivity contribution < 1.29 is 24.5 Å². The van der Waals surface area contributed by atoms with E-state index in [9.17, 15) is 19.8 Å². The van der Waals surface area contributed by atoms with Crippen LogP contribution in [0.4, 0.5) is 0 Å². The first kappa shape index (κ1) is 72.8. The molecule has 0 radical (unpaired) electrons. The number of esters is 1. The van der Waals surface area contributed by atoms with Gasteiger partial charge in [0, 0.05) is 12.8 Å². The first-order valence-corrected chi connectivity index (χ1v) is 33.4. The number of rotatable bonds is 62. The predicted molar refractivity (Wildman–Crippen MR) is 329 cm³/mol. The van der Waals surface area contributed by atoms with Gasteiger partial charge in [0.05, 0.1) is 25.4 Å². The van der Waals surface area contributed by atoms with Gasteiger partial charge in [0.25, 0.3) is 0 Å². The summed E-state index contributed by atoms with van der Waals surface area (Å²) in [5, 5.41) is 23.2. The molecule has 0 aliphatic carbocycles. The summed E-state index contributed by atoms with van der Waals surface area (Å²) in [7, 11) is 0. The number of hydrogen-bond donors (Lipinski definition) is 3. The lowest BCUT2D eigenvalue weighted by molar-refractivity contribution is -0.143. The molecule has 0 aliphatic heterocycles. The van der Waals surface area contributed by atoms with E-state index in [4.69, 9.17) is 4.74 Å². The van der Waals surface area contributed by atoms with Crippen molar-refractivity contribution in [3.63, 3.8) is 0 Å². The number of aliphatic hydroxyl groups is 2. The highest BCUT2D eigenvalue weighted by Gasteiger charge is 2.18. The van der Waals surface area contributed by atoms with Crippen molar-refractivity contribution in [1.82, 2.24) is 5.32 Å². The van der Waals surface area contributed by atoms with Crippen molar-refractivity contribution in [1.29, 1.82) is 0 Å². The Kier molecular flexibility index (Phi) is 62.5. The summed E-state index contributed by atoms with van der Waals surface area (Å²) in [5.74, 6) is -0.0657. The molecule has 6 nitrogen and oxygen atoms in total. The van der Waals surface area contributed by atoms with Gasteiger partial charge in [-0.05, 0) is 83.5 Å². The van der Waals surface area contributed by atoms with Gasteiger partial charge in [-0.25, -0.2) is 0 Å². The van der Waals surface area contributed by atoms with Crippen LogP contribution in [-0.4, -0.2) is 47.4 Å². The molecule has 0 saturated carbocycles. The van der Waals surface area contributed by atoms with E-state index in [1.54, 1.807) is 6.08 Å². The van der Waals surface area contributed by atoms with Crippen molar-refractivity contribution in [2.75, 3.05) is 13.2 Å². The summed E-state index contributed by atoms with van der Waals surface area (Å²) in [5.41, 5.74) is 0. The average molecular weight is 1050 g/mol. The topological polar surface area (TPSA) is 95.9 Å². The van der Waals surface area contributed by atoms with Crippen LogP contribution in [0.2, 0.25) is 0 Å². The van der Waals surface area contributed by atoms with Crippen molar-refractivity contribution in [3.8, 4) is 0 Å². The normalized spacial score (nSPS) is 12.9. The summed E-state index contributed by atoms with van der Waals surface area (Å²) in [4.78, 5) is 24.5. The number of carbonyl (C=O) groups excluding carboxylic acids is 2. The maximum atomic E-state index is 12.5. The van der Waals surface area contributed by atoms with Gasteiger partial charge in [-0.3, -0.25) is 9.59 Å². The lowest BCUT2D eigenvalue weighted by Gasteiger charge is -2.20. The molecule has 0 rings (SSSR count). The molecule has 75 heavy (non-hydrogen) atoms. The molecule has 0 aromatic heterocycles. The zero-order chi connectivity index (χ0) is 54.3. The van der Waals surface area contributed by atoms with Crippen LogP contribution in [0, 0.1) is 0 Å². The van der Waals surface area contributed by atoms with Crippen LogP contribution >= 0.6 is 0 Å². The molecule has 0 heterocycles. The standard InChI is InChI=1S/C69H129NO5/c1-3-5-7-9-11-13-15-17-19-34-37-41-45-49-53-57-61-67(72)66(65-71)70-68(73)62-58-54-50-46-42-38-35-32-30-28-26-24-22-20-21-23-25-27-29-31-33-36-40-44-48-52-56-60-64-75-69(74)63-59-55-51-47-43-39-18-16-14-12-10-8-6-4-2/h10,12,16,18,20-21,57,61,66-67,71-72H,3-9,11,13-15,17,19,22-56,58-60,62-65H2,1-2H3,(H,70,73)/b12-10-,18-16-,21-20-,61-57+.